The van der Waals surface area contributed by atoms with Crippen molar-refractivity contribution >= 4 is 17.4 Å². The van der Waals surface area contributed by atoms with E-state index in [2.05, 4.69) is 14.6 Å². The average Bonchev–Trinajstić information content (AvgIpc) is 3.37. The van der Waals surface area contributed by atoms with Crippen LogP contribution in [0.1, 0.15) is 30.3 Å². The molecule has 8 nitrogen and oxygen atoms in total. The van der Waals surface area contributed by atoms with E-state index in [9.17, 15) is 4.39 Å². The van der Waals surface area contributed by atoms with Crippen LogP contribution in [0.2, 0.25) is 0 Å². The van der Waals surface area contributed by atoms with Gasteiger partial charge in [-0.25, -0.2) is 4.39 Å². The molecule has 1 unspecified atom stereocenters. The number of rotatable bonds is 2. The van der Waals surface area contributed by atoms with Crippen molar-refractivity contribution in [2.45, 2.75) is 31.9 Å². The van der Waals surface area contributed by atoms with E-state index < -0.39 is 0 Å². The molecule has 0 spiro atoms. The summed E-state index contributed by atoms with van der Waals surface area (Å²) in [6, 6.07) is 4.90. The Morgan fingerprint density at radius 3 is 2.77 bits per heavy atom. The lowest BCUT2D eigenvalue weighted by atomic mass is 9.79. The van der Waals surface area contributed by atoms with Crippen LogP contribution in [0, 0.1) is 11.7 Å². The predicted molar refractivity (Wildman–Crippen MR) is 105 cm³/mol. The number of aromatic nitrogens is 3. The van der Waals surface area contributed by atoms with Gasteiger partial charge in [0.2, 0.25) is 11.7 Å². The van der Waals surface area contributed by atoms with Crippen LogP contribution in [0.3, 0.4) is 0 Å². The second-order valence-electron chi connectivity index (χ2n) is 7.99. The normalized spacial score (nSPS) is 24.9. The number of hydrogen-bond donors (Lipinski definition) is 1. The molecule has 3 fully saturated rings. The van der Waals surface area contributed by atoms with Gasteiger partial charge in [-0.05, 0) is 50.0 Å². The molecule has 4 aliphatic rings. The van der Waals surface area contributed by atoms with E-state index in [1.165, 1.54) is 32.0 Å². The van der Waals surface area contributed by atoms with Crippen molar-refractivity contribution in [3.8, 4) is 11.4 Å². The van der Waals surface area contributed by atoms with Crippen molar-refractivity contribution in [3.05, 3.63) is 35.6 Å². The summed E-state index contributed by atoms with van der Waals surface area (Å²) in [5.41, 5.74) is 2.85. The van der Waals surface area contributed by atoms with Gasteiger partial charge in [-0.3, -0.25) is 4.79 Å². The third-order valence-corrected chi connectivity index (χ3v) is 6.47. The monoisotopic (exact) mass is 414 g/mol. The van der Waals surface area contributed by atoms with E-state index in [0.717, 1.165) is 41.1 Å². The Labute approximate surface area is 172 Å². The molecule has 158 valence electrons. The summed E-state index contributed by atoms with van der Waals surface area (Å²) in [6.07, 6.45) is 2.40. The van der Waals surface area contributed by atoms with E-state index >= 15 is 0 Å². The van der Waals surface area contributed by atoms with Crippen molar-refractivity contribution in [2.75, 3.05) is 26.2 Å². The fraction of sp³-hybridized carbons (Fsp3) is 0.476. The summed E-state index contributed by atoms with van der Waals surface area (Å²) in [7, 11) is 0. The molecule has 1 N–H and O–H groups in total. The third-order valence-electron chi connectivity index (χ3n) is 6.47. The number of halogens is 1. The summed E-state index contributed by atoms with van der Waals surface area (Å²) in [4.78, 5) is 15.6. The minimum atomic E-state index is -0.256. The quantitative estimate of drug-likeness (QED) is 0.645. The first kappa shape index (κ1) is 19.2. The second-order valence-corrected chi connectivity index (χ2v) is 7.99. The van der Waals surface area contributed by atoms with E-state index in [1.54, 1.807) is 6.07 Å². The van der Waals surface area contributed by atoms with Gasteiger partial charge in [0.15, 0.2) is 0 Å². The molecule has 3 aromatic rings. The molecular weight excluding hydrogens is 391 g/mol. The minimum Gasteiger partial charge on any atom is -0.483 e. The van der Waals surface area contributed by atoms with Gasteiger partial charge >= 0.3 is 0 Å². The number of ether oxygens (including phenoxy) is 1. The first-order chi connectivity index (χ1) is 14.7. The van der Waals surface area contributed by atoms with Crippen LogP contribution in [0.15, 0.2) is 22.7 Å². The van der Waals surface area contributed by atoms with Gasteiger partial charge in [-0.1, -0.05) is 5.16 Å². The molecule has 4 aliphatic heterocycles. The smallest absolute Gasteiger partial charge is 0.290 e. The molecule has 0 radical (unpaired) electrons. The lowest BCUT2D eigenvalue weighted by molar-refractivity contribution is -0.122. The molecule has 30 heavy (non-hydrogen) atoms. The van der Waals surface area contributed by atoms with Crippen LogP contribution in [-0.4, -0.2) is 57.4 Å². The van der Waals surface area contributed by atoms with Crippen LogP contribution >= 0.6 is 0 Å². The predicted octanol–water partition coefficient (Wildman–Crippen LogP) is 2.87. The molecule has 1 atom stereocenters. The number of fused-ring (bicyclic) bond motifs is 6. The summed E-state index contributed by atoms with van der Waals surface area (Å²) in [5.74, 6) is 1.96. The highest BCUT2D eigenvalue weighted by molar-refractivity contribution is 5.96. The van der Waals surface area contributed by atoms with E-state index in [-0.39, 0.29) is 12.3 Å². The van der Waals surface area contributed by atoms with Crippen LogP contribution < -0.4 is 0 Å². The van der Waals surface area contributed by atoms with Gasteiger partial charge in [0.05, 0.1) is 30.4 Å². The molecule has 6 heterocycles. The standard InChI is InChI=1S/C20H21FN4O2.CH2O2/c21-13-1-2-16-14(9-13)18(17-11-26-8-7-25(16)17)19-22-20(27-23-19)15-10-24-5-3-12(15)4-6-24;2-1-3/h1-2,9,12,15H,3-8,10-11H2;1H,(H,2,3). The van der Waals surface area contributed by atoms with Gasteiger partial charge in [0.25, 0.3) is 6.47 Å². The van der Waals surface area contributed by atoms with E-state index in [0.29, 0.717) is 30.9 Å². The number of carboxylic acid groups (broad SMARTS) is 1. The van der Waals surface area contributed by atoms with E-state index in [4.69, 9.17) is 24.1 Å². The highest BCUT2D eigenvalue weighted by atomic mass is 19.1. The summed E-state index contributed by atoms with van der Waals surface area (Å²) >= 11 is 0. The van der Waals surface area contributed by atoms with Crippen molar-refractivity contribution in [1.82, 2.24) is 19.6 Å². The summed E-state index contributed by atoms with van der Waals surface area (Å²) in [5, 5.41) is 12.0. The highest BCUT2D eigenvalue weighted by Crippen LogP contribution is 2.40. The second kappa shape index (κ2) is 7.81. The Kier molecular flexibility index (Phi) is 5.00. The molecule has 1 aromatic carbocycles. The van der Waals surface area contributed by atoms with E-state index in [1.807, 2.05) is 6.07 Å². The molecule has 9 heteroatoms. The Bertz CT molecular complexity index is 1070. The molecule has 3 saturated heterocycles. The zero-order chi connectivity index (χ0) is 20.7. The number of hydrogen-bond acceptors (Lipinski definition) is 6. The fourth-order valence-corrected chi connectivity index (χ4v) is 5.09. The minimum absolute atomic E-state index is 0.250. The Balaban J connectivity index is 0.000000609. The van der Waals surface area contributed by atoms with Crippen molar-refractivity contribution in [1.29, 1.82) is 0 Å². The largest absolute Gasteiger partial charge is 0.483 e. The average molecular weight is 414 g/mol. The number of piperidine rings is 3. The zero-order valence-electron chi connectivity index (χ0n) is 16.5. The molecular formula is C21H23FN4O4. The maximum atomic E-state index is 14.0. The first-order valence-corrected chi connectivity index (χ1v) is 10.2. The molecule has 0 amide bonds. The van der Waals surface area contributed by atoms with Crippen molar-refractivity contribution in [3.63, 3.8) is 0 Å². The van der Waals surface area contributed by atoms with Crippen LogP contribution in [-0.2, 0) is 22.7 Å². The van der Waals surface area contributed by atoms with Gasteiger partial charge in [-0.15, -0.1) is 0 Å². The summed E-state index contributed by atoms with van der Waals surface area (Å²) < 4.78 is 27.6. The molecule has 2 aromatic heterocycles. The lowest BCUT2D eigenvalue weighted by Gasteiger charge is -2.43. The SMILES string of the molecule is Fc1ccc2c(c1)c(-c1noc(C3CN4CCC3CC4)n1)c1n2CCOC1.O=CO. The zero-order valence-corrected chi connectivity index (χ0v) is 16.5. The van der Waals surface area contributed by atoms with Gasteiger partial charge in [0, 0.05) is 24.0 Å². The maximum Gasteiger partial charge on any atom is 0.290 e. The maximum absolute atomic E-state index is 14.0. The molecule has 0 saturated carbocycles. The summed E-state index contributed by atoms with van der Waals surface area (Å²) in [6.45, 7) is 4.99. The third kappa shape index (κ3) is 3.18. The number of nitrogens with zero attached hydrogens (tertiary/aromatic N) is 4. The Hall–Kier alpha value is -2.78. The Morgan fingerprint density at radius 1 is 1.23 bits per heavy atom. The van der Waals surface area contributed by atoms with Gasteiger partial charge < -0.3 is 23.8 Å². The molecule has 2 bridgehead atoms. The van der Waals surface area contributed by atoms with Crippen LogP contribution in [0.25, 0.3) is 22.3 Å². The number of benzene rings is 1. The Morgan fingerprint density at radius 2 is 2.03 bits per heavy atom. The topological polar surface area (TPSA) is 93.6 Å². The highest BCUT2D eigenvalue weighted by Gasteiger charge is 2.38. The fourth-order valence-electron chi connectivity index (χ4n) is 5.09. The molecule has 7 rings (SSSR count). The first-order valence-electron chi connectivity index (χ1n) is 10.2. The lowest BCUT2D eigenvalue weighted by Crippen LogP contribution is -2.46. The van der Waals surface area contributed by atoms with Crippen molar-refractivity contribution in [2.24, 2.45) is 5.92 Å². The van der Waals surface area contributed by atoms with Crippen LogP contribution in [0.5, 0.6) is 0 Å². The van der Waals surface area contributed by atoms with Gasteiger partial charge in [-0.2, -0.15) is 4.98 Å². The molecule has 0 aliphatic carbocycles. The number of carbonyl (C=O) groups is 1. The van der Waals surface area contributed by atoms with Gasteiger partial charge in [0.1, 0.15) is 5.82 Å². The van der Waals surface area contributed by atoms with Crippen LogP contribution in [0.4, 0.5) is 4.39 Å². The van der Waals surface area contributed by atoms with Crippen molar-refractivity contribution < 1.29 is 23.6 Å².